The van der Waals surface area contributed by atoms with Gasteiger partial charge in [0.2, 0.25) is 0 Å². The summed E-state index contributed by atoms with van der Waals surface area (Å²) in [5.74, 6) is 0.708. The summed E-state index contributed by atoms with van der Waals surface area (Å²) in [6, 6.07) is 0. The molecule has 1 saturated carbocycles. The number of hydrogen-bond donors (Lipinski definition) is 2. The van der Waals surface area contributed by atoms with Gasteiger partial charge in [-0.05, 0) is 32.1 Å². The maximum atomic E-state index is 10.7. The molecule has 4 heteroatoms. The molecule has 0 aliphatic heterocycles. The highest BCUT2D eigenvalue weighted by molar-refractivity contribution is 5.22. The van der Waals surface area contributed by atoms with Gasteiger partial charge in [-0.1, -0.05) is 13.3 Å². The van der Waals surface area contributed by atoms with Gasteiger partial charge in [-0.2, -0.15) is 5.10 Å². The van der Waals surface area contributed by atoms with Crippen LogP contribution in [0.2, 0.25) is 0 Å². The third-order valence-electron chi connectivity index (χ3n) is 4.88. The Bertz CT molecular complexity index is 415. The van der Waals surface area contributed by atoms with E-state index in [9.17, 15) is 5.11 Å². The minimum Gasteiger partial charge on any atom is -0.388 e. The summed E-state index contributed by atoms with van der Waals surface area (Å²) in [6.07, 6.45) is 5.74. The molecular formula is C14H25N3O. The summed E-state index contributed by atoms with van der Waals surface area (Å²) >= 11 is 0. The number of nitrogens with zero attached hydrogens (tertiary/aromatic N) is 2. The molecule has 18 heavy (non-hydrogen) atoms. The van der Waals surface area contributed by atoms with Gasteiger partial charge in [-0.25, -0.2) is 0 Å². The minimum atomic E-state index is -0.479. The van der Waals surface area contributed by atoms with Gasteiger partial charge < -0.3 is 10.8 Å². The van der Waals surface area contributed by atoms with Crippen molar-refractivity contribution in [3.63, 3.8) is 0 Å². The number of nitrogens with two attached hydrogens (primary N) is 1. The molecular weight excluding hydrogens is 226 g/mol. The molecule has 1 aromatic rings. The van der Waals surface area contributed by atoms with E-state index in [0.717, 1.165) is 24.1 Å². The van der Waals surface area contributed by atoms with E-state index in [1.165, 1.54) is 12.8 Å². The van der Waals surface area contributed by atoms with Gasteiger partial charge in [0.15, 0.2) is 0 Å². The Kier molecular flexibility index (Phi) is 3.78. The number of aliphatic hydroxyl groups excluding tert-OH is 1. The van der Waals surface area contributed by atoms with Gasteiger partial charge in [0, 0.05) is 30.3 Å². The molecule has 1 heterocycles. The molecule has 0 spiro atoms. The van der Waals surface area contributed by atoms with Crippen LogP contribution in [-0.4, -0.2) is 21.4 Å². The summed E-state index contributed by atoms with van der Waals surface area (Å²) in [6.45, 7) is 4.78. The Labute approximate surface area is 109 Å². The van der Waals surface area contributed by atoms with Crippen LogP contribution in [0.15, 0.2) is 6.20 Å². The lowest BCUT2D eigenvalue weighted by atomic mass is 9.76. The number of rotatable bonds is 4. The third-order valence-corrected chi connectivity index (χ3v) is 4.88. The van der Waals surface area contributed by atoms with E-state index in [4.69, 9.17) is 5.73 Å². The summed E-state index contributed by atoms with van der Waals surface area (Å²) in [4.78, 5) is 0. The van der Waals surface area contributed by atoms with E-state index in [-0.39, 0.29) is 5.41 Å². The molecule has 1 aliphatic carbocycles. The van der Waals surface area contributed by atoms with Crippen LogP contribution >= 0.6 is 0 Å². The Morgan fingerprint density at radius 1 is 1.67 bits per heavy atom. The normalized spacial score (nSPS) is 29.7. The predicted molar refractivity (Wildman–Crippen MR) is 72.0 cm³/mol. The van der Waals surface area contributed by atoms with Crippen molar-refractivity contribution in [2.24, 2.45) is 24.1 Å². The SMILES string of the molecule is CCC1CCC(CN)(C(O)c2cnn(C)c2C)C1. The molecule has 0 bridgehead atoms. The quantitative estimate of drug-likeness (QED) is 0.859. The zero-order valence-corrected chi connectivity index (χ0v) is 11.7. The van der Waals surface area contributed by atoms with Gasteiger partial charge in [0.05, 0.1) is 12.3 Å². The largest absolute Gasteiger partial charge is 0.388 e. The molecule has 102 valence electrons. The first kappa shape index (κ1) is 13.6. The Morgan fingerprint density at radius 2 is 2.39 bits per heavy atom. The minimum absolute atomic E-state index is 0.144. The van der Waals surface area contributed by atoms with Crippen molar-refractivity contribution < 1.29 is 5.11 Å². The highest BCUT2D eigenvalue weighted by atomic mass is 16.3. The molecule has 3 N–H and O–H groups in total. The second kappa shape index (κ2) is 5.02. The Hall–Kier alpha value is -0.870. The molecule has 0 radical (unpaired) electrons. The van der Waals surface area contributed by atoms with Crippen LogP contribution < -0.4 is 5.73 Å². The second-order valence-corrected chi connectivity index (χ2v) is 5.80. The van der Waals surface area contributed by atoms with Crippen LogP contribution in [-0.2, 0) is 7.05 Å². The first-order valence-corrected chi connectivity index (χ1v) is 6.90. The van der Waals surface area contributed by atoms with Gasteiger partial charge in [0.25, 0.3) is 0 Å². The number of aromatic nitrogens is 2. The molecule has 0 amide bonds. The van der Waals surface area contributed by atoms with E-state index in [1.54, 1.807) is 6.20 Å². The third kappa shape index (κ3) is 2.08. The van der Waals surface area contributed by atoms with E-state index in [0.29, 0.717) is 12.5 Å². The monoisotopic (exact) mass is 251 g/mol. The molecule has 0 aromatic carbocycles. The average Bonchev–Trinajstić information content (AvgIpc) is 2.95. The average molecular weight is 251 g/mol. The molecule has 4 nitrogen and oxygen atoms in total. The molecule has 1 aliphatic rings. The summed E-state index contributed by atoms with van der Waals surface area (Å²) in [7, 11) is 1.91. The highest BCUT2D eigenvalue weighted by Crippen LogP contribution is 2.50. The van der Waals surface area contributed by atoms with Gasteiger partial charge >= 0.3 is 0 Å². The molecule has 3 unspecified atom stereocenters. The zero-order valence-electron chi connectivity index (χ0n) is 11.7. The molecule has 3 atom stereocenters. The van der Waals surface area contributed by atoms with Crippen LogP contribution in [0.1, 0.15) is 50.0 Å². The Balaban J connectivity index is 2.26. The fourth-order valence-corrected chi connectivity index (χ4v) is 3.28. The van der Waals surface area contributed by atoms with E-state index in [2.05, 4.69) is 12.0 Å². The van der Waals surface area contributed by atoms with Gasteiger partial charge in [-0.15, -0.1) is 0 Å². The van der Waals surface area contributed by atoms with Crippen LogP contribution in [0, 0.1) is 18.3 Å². The van der Waals surface area contributed by atoms with Crippen molar-refractivity contribution in [1.82, 2.24) is 9.78 Å². The Morgan fingerprint density at radius 3 is 2.83 bits per heavy atom. The number of hydrogen-bond acceptors (Lipinski definition) is 3. The fourth-order valence-electron chi connectivity index (χ4n) is 3.28. The lowest BCUT2D eigenvalue weighted by molar-refractivity contribution is 0.0296. The number of aliphatic hydroxyl groups is 1. The van der Waals surface area contributed by atoms with Crippen LogP contribution in [0.4, 0.5) is 0 Å². The fraction of sp³-hybridized carbons (Fsp3) is 0.786. The summed E-state index contributed by atoms with van der Waals surface area (Å²) in [5.41, 5.74) is 7.83. The standard InChI is InChI=1S/C14H25N3O/c1-4-11-5-6-14(7-11,9-15)13(18)12-8-16-17(3)10(12)2/h8,11,13,18H,4-7,9,15H2,1-3H3. The van der Waals surface area contributed by atoms with Crippen molar-refractivity contribution in [3.8, 4) is 0 Å². The van der Waals surface area contributed by atoms with Crippen LogP contribution in [0.25, 0.3) is 0 Å². The van der Waals surface area contributed by atoms with Crippen molar-refractivity contribution in [2.45, 2.75) is 45.6 Å². The van der Waals surface area contributed by atoms with E-state index >= 15 is 0 Å². The maximum absolute atomic E-state index is 10.7. The zero-order chi connectivity index (χ0) is 13.3. The molecule has 1 fully saturated rings. The predicted octanol–water partition coefficient (Wildman–Crippen LogP) is 1.92. The van der Waals surface area contributed by atoms with Crippen molar-refractivity contribution >= 4 is 0 Å². The van der Waals surface area contributed by atoms with Crippen molar-refractivity contribution in [2.75, 3.05) is 6.54 Å². The van der Waals surface area contributed by atoms with Crippen LogP contribution in [0.3, 0.4) is 0 Å². The second-order valence-electron chi connectivity index (χ2n) is 5.80. The van der Waals surface area contributed by atoms with Crippen molar-refractivity contribution in [1.29, 1.82) is 0 Å². The summed E-state index contributed by atoms with van der Waals surface area (Å²) < 4.78 is 1.81. The molecule has 0 saturated heterocycles. The first-order valence-electron chi connectivity index (χ1n) is 6.90. The van der Waals surface area contributed by atoms with Crippen molar-refractivity contribution in [3.05, 3.63) is 17.5 Å². The summed E-state index contributed by atoms with van der Waals surface area (Å²) in [5, 5.41) is 15.0. The van der Waals surface area contributed by atoms with Gasteiger partial charge in [-0.3, -0.25) is 4.68 Å². The van der Waals surface area contributed by atoms with Crippen LogP contribution in [0.5, 0.6) is 0 Å². The first-order chi connectivity index (χ1) is 8.54. The van der Waals surface area contributed by atoms with E-state index < -0.39 is 6.10 Å². The van der Waals surface area contributed by atoms with Gasteiger partial charge in [0.1, 0.15) is 0 Å². The lowest BCUT2D eigenvalue weighted by Gasteiger charge is -2.33. The smallest absolute Gasteiger partial charge is 0.0891 e. The molecule has 1 aromatic heterocycles. The number of aryl methyl sites for hydroxylation is 1. The van der Waals surface area contributed by atoms with E-state index in [1.807, 2.05) is 18.7 Å². The molecule has 2 rings (SSSR count). The highest BCUT2D eigenvalue weighted by Gasteiger charge is 2.44. The topological polar surface area (TPSA) is 64.1 Å². The maximum Gasteiger partial charge on any atom is 0.0891 e. The lowest BCUT2D eigenvalue weighted by Crippen LogP contribution is -2.34.